The highest BCUT2D eigenvalue weighted by Gasteiger charge is 2.24. The Balaban J connectivity index is 2.33. The Bertz CT molecular complexity index is 639. The summed E-state index contributed by atoms with van der Waals surface area (Å²) in [4.78, 5) is 69.4. The number of aliphatic carboxylic acids is 1. The van der Waals surface area contributed by atoms with Gasteiger partial charge >= 0.3 is 5.97 Å². The van der Waals surface area contributed by atoms with Crippen LogP contribution < -0.4 is 10.6 Å². The molecule has 1 rings (SSSR count). The number of rotatable bonds is 12. The van der Waals surface area contributed by atoms with Gasteiger partial charge in [0.15, 0.2) is 0 Å². The first-order valence-corrected chi connectivity index (χ1v) is 8.52. The Morgan fingerprint density at radius 2 is 1.70 bits per heavy atom. The molecule has 0 fully saturated rings. The molecule has 0 aliphatic carbocycles. The fourth-order valence-corrected chi connectivity index (χ4v) is 2.37. The van der Waals surface area contributed by atoms with E-state index in [1.165, 1.54) is 19.1 Å². The number of nitrogens with zero attached hydrogens (tertiary/aromatic N) is 1. The van der Waals surface area contributed by atoms with Crippen molar-refractivity contribution in [3.8, 4) is 0 Å². The van der Waals surface area contributed by atoms with E-state index in [0.717, 1.165) is 4.90 Å². The molecule has 1 atom stereocenters. The third-order valence-electron chi connectivity index (χ3n) is 3.73. The molecule has 10 heteroatoms. The summed E-state index contributed by atoms with van der Waals surface area (Å²) in [6.45, 7) is 1.29. The van der Waals surface area contributed by atoms with E-state index < -0.39 is 30.2 Å². The summed E-state index contributed by atoms with van der Waals surface area (Å²) >= 11 is 0. The normalized spacial score (nSPS) is 14.2. The molecule has 0 saturated carbocycles. The van der Waals surface area contributed by atoms with Crippen LogP contribution >= 0.6 is 0 Å². The summed E-state index contributed by atoms with van der Waals surface area (Å²) in [7, 11) is 0. The van der Waals surface area contributed by atoms with Crippen molar-refractivity contribution < 1.29 is 33.9 Å². The van der Waals surface area contributed by atoms with Crippen LogP contribution in [-0.2, 0) is 28.8 Å². The van der Waals surface area contributed by atoms with Gasteiger partial charge in [0.2, 0.25) is 11.8 Å². The molecule has 3 N–H and O–H groups in total. The third kappa shape index (κ3) is 8.25. The number of carbonyl (C=O) groups is 6. The van der Waals surface area contributed by atoms with Crippen LogP contribution in [-0.4, -0.2) is 64.5 Å². The second-order valence-corrected chi connectivity index (χ2v) is 6.11. The summed E-state index contributed by atoms with van der Waals surface area (Å²) in [6, 6.07) is -1.26. The van der Waals surface area contributed by atoms with E-state index in [1.54, 1.807) is 0 Å². The zero-order valence-corrected chi connectivity index (χ0v) is 15.0. The number of carboxylic acids is 1. The lowest BCUT2D eigenvalue weighted by molar-refractivity contribution is -0.141. The molecule has 27 heavy (non-hydrogen) atoms. The summed E-state index contributed by atoms with van der Waals surface area (Å²) in [5.41, 5.74) is 0. The van der Waals surface area contributed by atoms with Gasteiger partial charge in [-0.15, -0.1) is 0 Å². The molecule has 0 bridgehead atoms. The number of imide groups is 1. The van der Waals surface area contributed by atoms with Gasteiger partial charge in [-0.1, -0.05) is 6.42 Å². The number of hydrogen-bond donors (Lipinski definition) is 3. The van der Waals surface area contributed by atoms with E-state index in [9.17, 15) is 28.8 Å². The monoisotopic (exact) mass is 381 g/mol. The second kappa shape index (κ2) is 10.8. The van der Waals surface area contributed by atoms with Crippen molar-refractivity contribution in [1.82, 2.24) is 15.5 Å². The van der Waals surface area contributed by atoms with E-state index in [2.05, 4.69) is 10.6 Å². The zero-order chi connectivity index (χ0) is 20.4. The van der Waals surface area contributed by atoms with Gasteiger partial charge in [0.1, 0.15) is 11.8 Å². The van der Waals surface area contributed by atoms with Gasteiger partial charge < -0.3 is 15.7 Å². The Hall–Kier alpha value is -3.04. The van der Waals surface area contributed by atoms with E-state index in [1.807, 2.05) is 0 Å². The maximum Gasteiger partial charge on any atom is 0.305 e. The Labute approximate surface area is 156 Å². The van der Waals surface area contributed by atoms with E-state index >= 15 is 0 Å². The van der Waals surface area contributed by atoms with E-state index in [-0.39, 0.29) is 37.1 Å². The largest absolute Gasteiger partial charge is 0.481 e. The van der Waals surface area contributed by atoms with Gasteiger partial charge in [0.05, 0.1) is 13.0 Å². The van der Waals surface area contributed by atoms with Gasteiger partial charge in [0, 0.05) is 25.1 Å². The zero-order valence-electron chi connectivity index (χ0n) is 15.0. The maximum atomic E-state index is 11.9. The van der Waals surface area contributed by atoms with Crippen molar-refractivity contribution in [1.29, 1.82) is 0 Å². The Morgan fingerprint density at radius 1 is 1.07 bits per heavy atom. The van der Waals surface area contributed by atoms with Crippen molar-refractivity contribution >= 4 is 35.4 Å². The average molecular weight is 381 g/mol. The Kier molecular flexibility index (Phi) is 8.83. The number of carbonyl (C=O) groups excluding carboxylic acids is 5. The highest BCUT2D eigenvalue weighted by atomic mass is 16.4. The predicted octanol–water partition coefficient (Wildman–Crippen LogP) is -0.863. The highest BCUT2D eigenvalue weighted by molar-refractivity contribution is 6.12. The van der Waals surface area contributed by atoms with Crippen molar-refractivity contribution in [2.75, 3.05) is 13.1 Å². The van der Waals surface area contributed by atoms with E-state index in [0.29, 0.717) is 19.3 Å². The summed E-state index contributed by atoms with van der Waals surface area (Å²) in [6.07, 6.45) is 3.43. The number of hydrogen-bond acceptors (Lipinski definition) is 6. The van der Waals surface area contributed by atoms with Gasteiger partial charge in [0.25, 0.3) is 11.8 Å². The fourth-order valence-electron chi connectivity index (χ4n) is 2.37. The SMILES string of the molecule is CC(=O)CNC(=O)C(CC(=O)O)NC(=O)CCCCCN1C(=O)C=CC1=O. The molecule has 0 spiro atoms. The number of amides is 4. The van der Waals surface area contributed by atoms with Gasteiger partial charge in [-0.25, -0.2) is 0 Å². The molecule has 0 saturated heterocycles. The fraction of sp³-hybridized carbons (Fsp3) is 0.529. The molecule has 0 aromatic rings. The molecule has 1 aliphatic heterocycles. The van der Waals surface area contributed by atoms with E-state index in [4.69, 9.17) is 5.11 Å². The standard InChI is InChI=1S/C17H23N3O7/c1-11(21)10-18-17(27)12(9-16(25)26)19-13(22)5-3-2-4-8-20-14(23)6-7-15(20)24/h6-7,12H,2-5,8-10H2,1H3,(H,18,27)(H,19,22)(H,25,26). The summed E-state index contributed by atoms with van der Waals surface area (Å²) < 4.78 is 0. The maximum absolute atomic E-state index is 11.9. The van der Waals surface area contributed by atoms with Gasteiger partial charge in [-0.3, -0.25) is 33.7 Å². The minimum absolute atomic E-state index is 0.0657. The molecule has 10 nitrogen and oxygen atoms in total. The molecule has 1 aliphatic rings. The van der Waals surface area contributed by atoms with Crippen LogP contribution in [0, 0.1) is 0 Å². The van der Waals surface area contributed by atoms with Crippen molar-refractivity contribution in [2.24, 2.45) is 0 Å². The van der Waals surface area contributed by atoms with Crippen molar-refractivity contribution in [3.63, 3.8) is 0 Å². The first-order chi connectivity index (χ1) is 12.7. The molecule has 1 heterocycles. The quantitative estimate of drug-likeness (QED) is 0.294. The molecule has 1 unspecified atom stereocenters. The van der Waals surface area contributed by atoms with Crippen LogP contribution in [0.1, 0.15) is 39.0 Å². The van der Waals surface area contributed by atoms with Crippen LogP contribution in [0.3, 0.4) is 0 Å². The minimum Gasteiger partial charge on any atom is -0.481 e. The third-order valence-corrected chi connectivity index (χ3v) is 3.73. The van der Waals surface area contributed by atoms with Crippen molar-refractivity contribution in [3.05, 3.63) is 12.2 Å². The lowest BCUT2D eigenvalue weighted by Crippen LogP contribution is -2.48. The van der Waals surface area contributed by atoms with Crippen LogP contribution in [0.5, 0.6) is 0 Å². The predicted molar refractivity (Wildman–Crippen MR) is 92.2 cm³/mol. The lowest BCUT2D eigenvalue weighted by atomic mass is 10.1. The first kappa shape index (κ1) is 22.0. The van der Waals surface area contributed by atoms with Crippen LogP contribution in [0.25, 0.3) is 0 Å². The molecule has 148 valence electrons. The number of ketones is 1. The van der Waals surface area contributed by atoms with Gasteiger partial charge in [-0.05, 0) is 19.8 Å². The van der Waals surface area contributed by atoms with Crippen LogP contribution in [0.2, 0.25) is 0 Å². The first-order valence-electron chi connectivity index (χ1n) is 8.52. The van der Waals surface area contributed by atoms with Crippen LogP contribution in [0.4, 0.5) is 0 Å². The highest BCUT2D eigenvalue weighted by Crippen LogP contribution is 2.08. The number of nitrogens with one attached hydrogen (secondary N) is 2. The molecule has 0 aromatic heterocycles. The summed E-state index contributed by atoms with van der Waals surface area (Å²) in [5.74, 6) is -3.49. The van der Waals surface area contributed by atoms with Gasteiger partial charge in [-0.2, -0.15) is 0 Å². The molecule has 4 amide bonds. The minimum atomic E-state index is -1.26. The summed E-state index contributed by atoms with van der Waals surface area (Å²) in [5, 5.41) is 13.5. The molecule has 0 radical (unpaired) electrons. The smallest absolute Gasteiger partial charge is 0.305 e. The average Bonchev–Trinajstić information content (AvgIpc) is 2.90. The second-order valence-electron chi connectivity index (χ2n) is 6.11. The number of Topliss-reactive ketones (excluding diaryl/α,β-unsaturated/α-hetero) is 1. The molecular weight excluding hydrogens is 358 g/mol. The topological polar surface area (TPSA) is 150 Å². The molecular formula is C17H23N3O7. The van der Waals surface area contributed by atoms with Crippen LogP contribution in [0.15, 0.2) is 12.2 Å². The lowest BCUT2D eigenvalue weighted by Gasteiger charge is -2.16. The Morgan fingerprint density at radius 3 is 2.26 bits per heavy atom. The van der Waals surface area contributed by atoms with Crippen molar-refractivity contribution in [2.45, 2.75) is 45.1 Å². The number of carboxylic acid groups (broad SMARTS) is 1. The number of unbranched alkanes of at least 4 members (excludes halogenated alkanes) is 2. The molecule has 0 aromatic carbocycles.